The Kier molecular flexibility index (Phi) is 4.08. The van der Waals surface area contributed by atoms with Gasteiger partial charge in [-0.05, 0) is 36.5 Å². The summed E-state index contributed by atoms with van der Waals surface area (Å²) in [7, 11) is 0. The van der Waals surface area contributed by atoms with E-state index < -0.39 is 11.4 Å². The molecule has 0 radical (unpaired) electrons. The highest BCUT2D eigenvalue weighted by atomic mass is 35.5. The first-order valence-electron chi connectivity index (χ1n) is 6.09. The van der Waals surface area contributed by atoms with Crippen molar-refractivity contribution in [3.8, 4) is 6.07 Å². The number of carbonyl (C=O) groups is 1. The Morgan fingerprint density at radius 3 is 2.42 bits per heavy atom. The Balaban J connectivity index is 2.47. The Labute approximate surface area is 116 Å². The van der Waals surface area contributed by atoms with Gasteiger partial charge in [0.2, 0.25) is 0 Å². The van der Waals surface area contributed by atoms with Crippen molar-refractivity contribution in [1.82, 2.24) is 0 Å². The van der Waals surface area contributed by atoms with Crippen molar-refractivity contribution in [2.75, 3.05) is 13.2 Å². The number of hydrogen-bond acceptors (Lipinski definition) is 3. The smallest absolute Gasteiger partial charge is 0.328 e. The predicted molar refractivity (Wildman–Crippen MR) is 69.9 cm³/mol. The van der Waals surface area contributed by atoms with Crippen molar-refractivity contribution >= 4 is 17.6 Å². The number of halogens is 1. The molecule has 100 valence electrons. The van der Waals surface area contributed by atoms with Crippen LogP contribution in [0.1, 0.15) is 18.4 Å². The van der Waals surface area contributed by atoms with Crippen molar-refractivity contribution in [1.29, 1.82) is 5.26 Å². The minimum atomic E-state index is -1.52. The van der Waals surface area contributed by atoms with Gasteiger partial charge in [0, 0.05) is 18.2 Å². The number of carboxylic acid groups (broad SMARTS) is 1. The average Bonchev–Trinajstić information content (AvgIpc) is 2.43. The minimum absolute atomic E-state index is 0.245. The molecule has 0 saturated carbocycles. The second kappa shape index (κ2) is 5.60. The van der Waals surface area contributed by atoms with Crippen molar-refractivity contribution < 1.29 is 14.6 Å². The molecule has 5 heteroatoms. The third kappa shape index (κ3) is 2.44. The summed E-state index contributed by atoms with van der Waals surface area (Å²) in [6, 6.07) is 8.50. The van der Waals surface area contributed by atoms with Crippen LogP contribution in [-0.2, 0) is 14.9 Å². The van der Waals surface area contributed by atoms with Gasteiger partial charge >= 0.3 is 5.97 Å². The van der Waals surface area contributed by atoms with Crippen molar-refractivity contribution in [2.45, 2.75) is 18.3 Å². The first kappa shape index (κ1) is 13.9. The van der Waals surface area contributed by atoms with Gasteiger partial charge in [-0.1, -0.05) is 23.7 Å². The van der Waals surface area contributed by atoms with E-state index in [0.717, 1.165) is 0 Å². The molecule has 0 aromatic heterocycles. The Morgan fingerprint density at radius 1 is 1.37 bits per heavy atom. The number of nitrogens with zero attached hydrogens (tertiary/aromatic N) is 1. The SMILES string of the molecule is N#CC(C(=O)O)(c1ccc(Cl)cc1)C1CCOCC1. The summed E-state index contributed by atoms with van der Waals surface area (Å²) in [5.41, 5.74) is -1.03. The van der Waals surface area contributed by atoms with Gasteiger partial charge in [0.25, 0.3) is 0 Å². The van der Waals surface area contributed by atoms with E-state index in [1.54, 1.807) is 24.3 Å². The third-order valence-electron chi connectivity index (χ3n) is 3.65. The molecule has 0 bridgehead atoms. The van der Waals surface area contributed by atoms with Gasteiger partial charge in [0.1, 0.15) is 0 Å². The second-order valence-corrected chi connectivity index (χ2v) is 5.05. The molecule has 2 rings (SSSR count). The summed E-state index contributed by atoms with van der Waals surface area (Å²) in [6.07, 6.45) is 1.14. The maximum atomic E-state index is 11.7. The molecule has 0 amide bonds. The molecule has 0 spiro atoms. The van der Waals surface area contributed by atoms with E-state index >= 15 is 0 Å². The summed E-state index contributed by atoms with van der Waals surface area (Å²) in [6.45, 7) is 0.990. The van der Waals surface area contributed by atoms with Gasteiger partial charge in [-0.15, -0.1) is 0 Å². The van der Waals surface area contributed by atoms with Crippen LogP contribution in [0.15, 0.2) is 24.3 Å². The average molecular weight is 280 g/mol. The Morgan fingerprint density at radius 2 is 1.95 bits per heavy atom. The van der Waals surface area contributed by atoms with E-state index in [1.165, 1.54) is 0 Å². The second-order valence-electron chi connectivity index (χ2n) is 4.62. The summed E-state index contributed by atoms with van der Waals surface area (Å²) < 4.78 is 5.25. The van der Waals surface area contributed by atoms with E-state index in [4.69, 9.17) is 16.3 Å². The molecule has 1 saturated heterocycles. The van der Waals surface area contributed by atoms with Crippen LogP contribution in [0.2, 0.25) is 5.02 Å². The molecule has 1 heterocycles. The van der Waals surface area contributed by atoms with Gasteiger partial charge in [-0.3, -0.25) is 4.79 Å². The zero-order chi connectivity index (χ0) is 13.9. The molecular weight excluding hydrogens is 266 g/mol. The van der Waals surface area contributed by atoms with Gasteiger partial charge < -0.3 is 9.84 Å². The van der Waals surface area contributed by atoms with E-state index in [1.807, 2.05) is 6.07 Å². The lowest BCUT2D eigenvalue weighted by Crippen LogP contribution is -2.44. The topological polar surface area (TPSA) is 70.3 Å². The molecule has 1 N–H and O–H groups in total. The maximum absolute atomic E-state index is 11.7. The van der Waals surface area contributed by atoms with Crippen LogP contribution in [0.3, 0.4) is 0 Å². The minimum Gasteiger partial charge on any atom is -0.480 e. The summed E-state index contributed by atoms with van der Waals surface area (Å²) >= 11 is 5.82. The van der Waals surface area contributed by atoms with Crippen LogP contribution in [0.5, 0.6) is 0 Å². The lowest BCUT2D eigenvalue weighted by molar-refractivity contribution is -0.144. The molecule has 1 aliphatic rings. The van der Waals surface area contributed by atoms with Gasteiger partial charge in [0.05, 0.1) is 6.07 Å². The summed E-state index contributed by atoms with van der Waals surface area (Å²) in [5.74, 6) is -1.35. The fraction of sp³-hybridized carbons (Fsp3) is 0.429. The standard InChI is InChI=1S/C14H14ClNO3/c15-12-3-1-10(2-4-12)14(9-16,13(17)18)11-5-7-19-8-6-11/h1-4,11H,5-8H2,(H,17,18). The van der Waals surface area contributed by atoms with Crippen molar-refractivity contribution in [3.05, 3.63) is 34.9 Å². The highest BCUT2D eigenvalue weighted by Gasteiger charge is 2.48. The number of nitriles is 1. The largest absolute Gasteiger partial charge is 0.480 e. The predicted octanol–water partition coefficient (Wildman–Crippen LogP) is 2.61. The molecule has 1 aliphatic heterocycles. The quantitative estimate of drug-likeness (QED) is 0.923. The van der Waals surface area contributed by atoms with Crippen LogP contribution in [0, 0.1) is 17.2 Å². The molecular formula is C14H14ClNO3. The van der Waals surface area contributed by atoms with E-state index in [0.29, 0.717) is 36.6 Å². The van der Waals surface area contributed by atoms with Crippen molar-refractivity contribution in [2.24, 2.45) is 5.92 Å². The van der Waals surface area contributed by atoms with Gasteiger partial charge in [-0.25, -0.2) is 0 Å². The first-order valence-corrected chi connectivity index (χ1v) is 6.47. The molecule has 1 fully saturated rings. The van der Waals surface area contributed by atoms with Crippen LogP contribution in [0.4, 0.5) is 0 Å². The lowest BCUT2D eigenvalue weighted by Gasteiger charge is -2.34. The number of benzene rings is 1. The van der Waals surface area contributed by atoms with Crippen LogP contribution < -0.4 is 0 Å². The highest BCUT2D eigenvalue weighted by molar-refractivity contribution is 6.30. The number of ether oxygens (including phenoxy) is 1. The zero-order valence-electron chi connectivity index (χ0n) is 10.3. The van der Waals surface area contributed by atoms with Crippen LogP contribution in [0.25, 0.3) is 0 Å². The molecule has 1 aromatic rings. The van der Waals surface area contributed by atoms with E-state index in [2.05, 4.69) is 0 Å². The van der Waals surface area contributed by atoms with Crippen LogP contribution >= 0.6 is 11.6 Å². The van der Waals surface area contributed by atoms with Gasteiger partial charge in [0.15, 0.2) is 5.41 Å². The summed E-state index contributed by atoms with van der Waals surface area (Å²) in [5, 5.41) is 19.6. The van der Waals surface area contributed by atoms with Gasteiger partial charge in [-0.2, -0.15) is 5.26 Å². The molecule has 1 atom stereocenters. The zero-order valence-corrected chi connectivity index (χ0v) is 11.1. The first-order chi connectivity index (χ1) is 9.11. The van der Waals surface area contributed by atoms with E-state index in [-0.39, 0.29) is 5.92 Å². The fourth-order valence-electron chi connectivity index (χ4n) is 2.58. The molecule has 1 aromatic carbocycles. The third-order valence-corrected chi connectivity index (χ3v) is 3.90. The lowest BCUT2D eigenvalue weighted by atomic mass is 9.68. The summed E-state index contributed by atoms with van der Waals surface area (Å²) in [4.78, 5) is 11.7. The molecule has 1 unspecified atom stereocenters. The van der Waals surface area contributed by atoms with Crippen LogP contribution in [-0.4, -0.2) is 24.3 Å². The Bertz CT molecular complexity index is 502. The molecule has 4 nitrogen and oxygen atoms in total. The number of aliphatic carboxylic acids is 1. The monoisotopic (exact) mass is 279 g/mol. The Hall–Kier alpha value is -1.57. The normalized spacial score (nSPS) is 19.4. The highest BCUT2D eigenvalue weighted by Crippen LogP contribution is 2.38. The number of carboxylic acids is 1. The number of hydrogen-bond donors (Lipinski definition) is 1. The molecule has 19 heavy (non-hydrogen) atoms. The number of rotatable bonds is 3. The van der Waals surface area contributed by atoms with E-state index in [9.17, 15) is 15.2 Å². The maximum Gasteiger partial charge on any atom is 0.328 e. The van der Waals surface area contributed by atoms with Crippen molar-refractivity contribution in [3.63, 3.8) is 0 Å². The fourth-order valence-corrected chi connectivity index (χ4v) is 2.71. The molecule has 0 aliphatic carbocycles.